The SMILES string of the molecule is Cl.c1cc(C2CCN(CC3CCNCC3)CC2)ccn1. The Balaban J connectivity index is 0.00000147. The van der Waals surface area contributed by atoms with Crippen molar-refractivity contribution in [2.75, 3.05) is 32.7 Å². The van der Waals surface area contributed by atoms with Gasteiger partial charge in [-0.1, -0.05) is 0 Å². The first-order valence-electron chi connectivity index (χ1n) is 7.75. The van der Waals surface area contributed by atoms with E-state index in [1.54, 1.807) is 0 Å². The van der Waals surface area contributed by atoms with E-state index in [4.69, 9.17) is 0 Å². The molecule has 2 fully saturated rings. The Morgan fingerprint density at radius 1 is 1.05 bits per heavy atom. The van der Waals surface area contributed by atoms with Crippen molar-refractivity contribution in [3.05, 3.63) is 30.1 Å². The second-order valence-electron chi connectivity index (χ2n) is 6.05. The molecular formula is C16H26ClN3. The molecule has 0 atom stereocenters. The van der Waals surface area contributed by atoms with Gasteiger partial charge in [-0.2, -0.15) is 0 Å². The Bertz CT molecular complexity index is 371. The Hall–Kier alpha value is -0.640. The molecule has 20 heavy (non-hydrogen) atoms. The maximum Gasteiger partial charge on any atom is 0.0270 e. The van der Waals surface area contributed by atoms with E-state index < -0.39 is 0 Å². The van der Waals surface area contributed by atoms with E-state index in [-0.39, 0.29) is 12.4 Å². The van der Waals surface area contributed by atoms with Gasteiger partial charge in [0.1, 0.15) is 0 Å². The van der Waals surface area contributed by atoms with Crippen molar-refractivity contribution in [3.63, 3.8) is 0 Å². The Morgan fingerprint density at radius 3 is 2.35 bits per heavy atom. The number of hydrogen-bond donors (Lipinski definition) is 1. The number of nitrogens with one attached hydrogen (secondary N) is 1. The second kappa shape index (κ2) is 7.96. The molecule has 0 bridgehead atoms. The van der Waals surface area contributed by atoms with Gasteiger partial charge in [-0.05, 0) is 81.4 Å². The van der Waals surface area contributed by atoms with E-state index >= 15 is 0 Å². The normalized spacial score (nSPS) is 22.4. The highest BCUT2D eigenvalue weighted by Crippen LogP contribution is 2.28. The first-order valence-corrected chi connectivity index (χ1v) is 7.75. The lowest BCUT2D eigenvalue weighted by Crippen LogP contribution is -2.39. The predicted molar refractivity (Wildman–Crippen MR) is 85.5 cm³/mol. The Morgan fingerprint density at radius 2 is 1.70 bits per heavy atom. The quantitative estimate of drug-likeness (QED) is 0.929. The molecule has 2 saturated heterocycles. The fourth-order valence-corrected chi connectivity index (χ4v) is 3.51. The zero-order chi connectivity index (χ0) is 12.9. The standard InChI is InChI=1S/C16H25N3.ClH/c1-7-17-8-2-14(1)13-19-11-5-16(6-12-19)15-3-9-18-10-4-15;/h3-4,9-10,14,16-17H,1-2,5-8,11-13H2;1H. The van der Waals surface area contributed by atoms with E-state index in [1.165, 1.54) is 64.0 Å². The highest BCUT2D eigenvalue weighted by Gasteiger charge is 2.23. The van der Waals surface area contributed by atoms with Crippen LogP contribution in [0.25, 0.3) is 0 Å². The van der Waals surface area contributed by atoms with Gasteiger partial charge in [-0.15, -0.1) is 12.4 Å². The van der Waals surface area contributed by atoms with Gasteiger partial charge in [0.25, 0.3) is 0 Å². The van der Waals surface area contributed by atoms with Gasteiger partial charge >= 0.3 is 0 Å². The summed E-state index contributed by atoms with van der Waals surface area (Å²) >= 11 is 0. The monoisotopic (exact) mass is 295 g/mol. The highest BCUT2D eigenvalue weighted by molar-refractivity contribution is 5.85. The Kier molecular flexibility index (Phi) is 6.27. The van der Waals surface area contributed by atoms with Crippen molar-refractivity contribution < 1.29 is 0 Å². The predicted octanol–water partition coefficient (Wildman–Crippen LogP) is 2.68. The van der Waals surface area contributed by atoms with E-state index in [0.717, 1.165) is 11.8 Å². The molecule has 0 amide bonds. The molecule has 3 rings (SSSR count). The molecule has 0 saturated carbocycles. The van der Waals surface area contributed by atoms with Gasteiger partial charge < -0.3 is 10.2 Å². The molecule has 2 aliphatic heterocycles. The number of rotatable bonds is 3. The number of nitrogens with zero attached hydrogens (tertiary/aromatic N) is 2. The van der Waals surface area contributed by atoms with E-state index in [2.05, 4.69) is 27.3 Å². The minimum absolute atomic E-state index is 0. The molecule has 0 radical (unpaired) electrons. The van der Waals surface area contributed by atoms with Crippen molar-refractivity contribution >= 4 is 12.4 Å². The molecule has 0 spiro atoms. The number of aromatic nitrogens is 1. The minimum atomic E-state index is 0. The van der Waals surface area contributed by atoms with Gasteiger partial charge in [0.15, 0.2) is 0 Å². The van der Waals surface area contributed by atoms with Crippen LogP contribution >= 0.6 is 12.4 Å². The van der Waals surface area contributed by atoms with Gasteiger partial charge in [0, 0.05) is 18.9 Å². The lowest BCUT2D eigenvalue weighted by Gasteiger charge is -2.35. The van der Waals surface area contributed by atoms with Crippen LogP contribution in [0.5, 0.6) is 0 Å². The third kappa shape index (κ3) is 4.18. The summed E-state index contributed by atoms with van der Waals surface area (Å²) in [5.74, 6) is 1.69. The average Bonchev–Trinajstić information content (AvgIpc) is 2.50. The van der Waals surface area contributed by atoms with Crippen LogP contribution in [0.15, 0.2) is 24.5 Å². The Labute approximate surface area is 128 Å². The number of hydrogen-bond acceptors (Lipinski definition) is 3. The van der Waals surface area contributed by atoms with Crippen molar-refractivity contribution in [3.8, 4) is 0 Å². The average molecular weight is 296 g/mol. The smallest absolute Gasteiger partial charge is 0.0270 e. The molecule has 0 aromatic carbocycles. The van der Waals surface area contributed by atoms with E-state index in [1.807, 2.05) is 12.4 Å². The molecule has 2 aliphatic rings. The van der Waals surface area contributed by atoms with Crippen LogP contribution in [0.1, 0.15) is 37.2 Å². The first-order chi connectivity index (χ1) is 9.42. The third-order valence-corrected chi connectivity index (χ3v) is 4.74. The number of likely N-dealkylation sites (tertiary alicyclic amines) is 1. The van der Waals surface area contributed by atoms with Gasteiger partial charge in [-0.3, -0.25) is 4.98 Å². The fraction of sp³-hybridized carbons (Fsp3) is 0.688. The zero-order valence-electron chi connectivity index (χ0n) is 12.1. The van der Waals surface area contributed by atoms with Gasteiger partial charge in [0.05, 0.1) is 0 Å². The van der Waals surface area contributed by atoms with Crippen LogP contribution in [-0.2, 0) is 0 Å². The van der Waals surface area contributed by atoms with Crippen LogP contribution in [-0.4, -0.2) is 42.6 Å². The number of halogens is 1. The maximum atomic E-state index is 4.12. The molecule has 3 heterocycles. The molecule has 1 N–H and O–H groups in total. The van der Waals surface area contributed by atoms with Gasteiger partial charge in [0.2, 0.25) is 0 Å². The zero-order valence-corrected chi connectivity index (χ0v) is 12.9. The summed E-state index contributed by atoms with van der Waals surface area (Å²) in [7, 11) is 0. The van der Waals surface area contributed by atoms with Crippen LogP contribution in [0.2, 0.25) is 0 Å². The molecule has 3 nitrogen and oxygen atoms in total. The molecule has 0 unspecified atom stereocenters. The molecule has 4 heteroatoms. The van der Waals surface area contributed by atoms with E-state index in [0.29, 0.717) is 0 Å². The van der Waals surface area contributed by atoms with Crippen LogP contribution in [0, 0.1) is 5.92 Å². The highest BCUT2D eigenvalue weighted by atomic mass is 35.5. The summed E-state index contributed by atoms with van der Waals surface area (Å²) in [4.78, 5) is 6.80. The largest absolute Gasteiger partial charge is 0.317 e. The molecule has 0 aliphatic carbocycles. The lowest BCUT2D eigenvalue weighted by atomic mass is 9.89. The van der Waals surface area contributed by atoms with Crippen molar-refractivity contribution in [2.24, 2.45) is 5.92 Å². The van der Waals surface area contributed by atoms with E-state index in [9.17, 15) is 0 Å². The summed E-state index contributed by atoms with van der Waals surface area (Å²) in [5, 5.41) is 3.46. The number of piperidine rings is 2. The molecule has 112 valence electrons. The van der Waals surface area contributed by atoms with Crippen molar-refractivity contribution in [1.29, 1.82) is 0 Å². The minimum Gasteiger partial charge on any atom is -0.317 e. The molecule has 1 aromatic rings. The van der Waals surface area contributed by atoms with Crippen LogP contribution < -0.4 is 5.32 Å². The molecule has 1 aromatic heterocycles. The van der Waals surface area contributed by atoms with Crippen molar-refractivity contribution in [2.45, 2.75) is 31.6 Å². The van der Waals surface area contributed by atoms with Crippen LogP contribution in [0.4, 0.5) is 0 Å². The fourth-order valence-electron chi connectivity index (χ4n) is 3.51. The topological polar surface area (TPSA) is 28.2 Å². The second-order valence-corrected chi connectivity index (χ2v) is 6.05. The van der Waals surface area contributed by atoms with Crippen LogP contribution in [0.3, 0.4) is 0 Å². The summed E-state index contributed by atoms with van der Waals surface area (Å²) in [5.41, 5.74) is 1.48. The summed E-state index contributed by atoms with van der Waals surface area (Å²) in [6, 6.07) is 4.38. The first kappa shape index (κ1) is 15.7. The lowest BCUT2D eigenvalue weighted by molar-refractivity contribution is 0.167. The summed E-state index contributed by atoms with van der Waals surface area (Å²) in [6.45, 7) is 6.31. The molecular weight excluding hydrogens is 270 g/mol. The van der Waals surface area contributed by atoms with Crippen molar-refractivity contribution in [1.82, 2.24) is 15.2 Å². The summed E-state index contributed by atoms with van der Waals surface area (Å²) < 4.78 is 0. The number of pyridine rings is 1. The van der Waals surface area contributed by atoms with Gasteiger partial charge in [-0.25, -0.2) is 0 Å². The maximum absolute atomic E-state index is 4.12. The summed E-state index contributed by atoms with van der Waals surface area (Å²) in [6.07, 6.45) is 9.21. The third-order valence-electron chi connectivity index (χ3n) is 4.74.